The van der Waals surface area contributed by atoms with Crippen molar-refractivity contribution in [1.29, 1.82) is 0 Å². The Hall–Kier alpha value is -3.46. The van der Waals surface area contributed by atoms with Crippen LogP contribution in [0.4, 0.5) is 4.39 Å². The summed E-state index contributed by atoms with van der Waals surface area (Å²) in [7, 11) is 2.01. The van der Waals surface area contributed by atoms with Gasteiger partial charge in [-0.2, -0.15) is 0 Å². The Morgan fingerprint density at radius 2 is 1.69 bits per heavy atom. The minimum atomic E-state index is -1.60. The first-order valence-corrected chi connectivity index (χ1v) is 14.2. The van der Waals surface area contributed by atoms with Crippen molar-refractivity contribution in [2.24, 2.45) is 7.05 Å². The van der Waals surface area contributed by atoms with Crippen molar-refractivity contribution in [3.05, 3.63) is 88.9 Å². The van der Waals surface area contributed by atoms with Crippen molar-refractivity contribution in [2.45, 2.75) is 77.0 Å². The zero-order valence-corrected chi connectivity index (χ0v) is 23.2. The van der Waals surface area contributed by atoms with Gasteiger partial charge >= 0.3 is 0 Å². The van der Waals surface area contributed by atoms with Crippen LogP contribution in [0.2, 0.25) is 0 Å². The largest absolute Gasteiger partial charge is 0.454 e. The third kappa shape index (κ3) is 3.77. The lowest BCUT2D eigenvalue weighted by Gasteiger charge is -2.37. The van der Waals surface area contributed by atoms with E-state index in [4.69, 9.17) is 4.42 Å². The molecule has 1 fully saturated rings. The van der Waals surface area contributed by atoms with E-state index in [1.54, 1.807) is 6.07 Å². The number of pyridine rings is 1. The molecule has 39 heavy (non-hydrogen) atoms. The van der Waals surface area contributed by atoms with Gasteiger partial charge in [-0.3, -0.25) is 0 Å². The lowest BCUT2D eigenvalue weighted by molar-refractivity contribution is -0.660. The number of furan rings is 1. The molecule has 0 radical (unpaired) electrons. The molecule has 0 amide bonds. The van der Waals surface area contributed by atoms with E-state index < -0.39 is 17.7 Å². The average Bonchev–Trinajstić information content (AvgIpc) is 3.55. The SMILES string of the molecule is [2H]C1([2H])CCC(C)(C)c2c(-c3c(F)ccc4c3oc3c(-c5cccc[n+]5C)c(C)ccc34)ccc(C3([2H])CCCC3)c21. The van der Waals surface area contributed by atoms with Crippen LogP contribution in [0.5, 0.6) is 0 Å². The Morgan fingerprint density at radius 1 is 0.949 bits per heavy atom. The van der Waals surface area contributed by atoms with Gasteiger partial charge in [-0.05, 0) is 96.3 Å². The fourth-order valence-electron chi connectivity index (χ4n) is 7.02. The van der Waals surface area contributed by atoms with Gasteiger partial charge in [0.1, 0.15) is 24.0 Å². The number of benzene rings is 3. The van der Waals surface area contributed by atoms with Gasteiger partial charge in [0.25, 0.3) is 0 Å². The maximum absolute atomic E-state index is 16.2. The number of nitrogens with zero attached hydrogens (tertiary/aromatic N) is 1. The summed E-state index contributed by atoms with van der Waals surface area (Å²) in [5.41, 5.74) is 7.12. The molecule has 198 valence electrons. The van der Waals surface area contributed by atoms with E-state index in [9.17, 15) is 4.11 Å². The Balaban J connectivity index is 1.58. The second-order valence-corrected chi connectivity index (χ2v) is 12.0. The predicted octanol–water partition coefficient (Wildman–Crippen LogP) is 9.46. The van der Waals surface area contributed by atoms with Gasteiger partial charge in [-0.1, -0.05) is 51.0 Å². The molecule has 0 aliphatic heterocycles. The molecular formula is C36H37FNO+. The smallest absolute Gasteiger partial charge is 0.216 e. The van der Waals surface area contributed by atoms with Crippen molar-refractivity contribution in [3.8, 4) is 22.4 Å². The fourth-order valence-corrected chi connectivity index (χ4v) is 7.02. The summed E-state index contributed by atoms with van der Waals surface area (Å²) in [5.74, 6) is -1.20. The zero-order valence-electron chi connectivity index (χ0n) is 26.2. The van der Waals surface area contributed by atoms with Crippen LogP contribution in [0, 0.1) is 12.7 Å². The first kappa shape index (κ1) is 21.4. The van der Waals surface area contributed by atoms with Crippen LogP contribution in [0.3, 0.4) is 0 Å². The molecule has 2 aliphatic rings. The molecule has 2 heterocycles. The molecule has 0 saturated heterocycles. The van der Waals surface area contributed by atoms with Crippen LogP contribution in [0.25, 0.3) is 44.3 Å². The summed E-state index contributed by atoms with van der Waals surface area (Å²) in [6.45, 7) is 6.33. The molecule has 2 aromatic heterocycles. The highest BCUT2D eigenvalue weighted by molar-refractivity contribution is 6.13. The van der Waals surface area contributed by atoms with Crippen molar-refractivity contribution < 1.29 is 17.5 Å². The minimum Gasteiger partial charge on any atom is -0.454 e. The third-order valence-corrected chi connectivity index (χ3v) is 9.07. The molecule has 3 heteroatoms. The Bertz CT molecular complexity index is 1900. The minimum absolute atomic E-state index is 0.378. The van der Waals surface area contributed by atoms with Crippen molar-refractivity contribution in [3.63, 3.8) is 0 Å². The highest BCUT2D eigenvalue weighted by Gasteiger charge is 2.35. The number of fused-ring (bicyclic) bond motifs is 4. The summed E-state index contributed by atoms with van der Waals surface area (Å²) < 4.78 is 52.7. The number of aryl methyl sites for hydroxylation is 2. The molecule has 3 aromatic carbocycles. The van der Waals surface area contributed by atoms with E-state index in [0.29, 0.717) is 35.1 Å². The van der Waals surface area contributed by atoms with Gasteiger partial charge in [0.2, 0.25) is 5.69 Å². The summed E-state index contributed by atoms with van der Waals surface area (Å²) >= 11 is 0. The quantitative estimate of drug-likeness (QED) is 0.216. The lowest BCUT2D eigenvalue weighted by Crippen LogP contribution is -2.30. The molecular weight excluding hydrogens is 481 g/mol. The van der Waals surface area contributed by atoms with Crippen molar-refractivity contribution in [1.82, 2.24) is 0 Å². The van der Waals surface area contributed by atoms with E-state index in [1.165, 1.54) is 6.07 Å². The molecule has 7 rings (SSSR count). The number of hydrogen-bond acceptors (Lipinski definition) is 1. The third-order valence-electron chi connectivity index (χ3n) is 9.07. The summed E-state index contributed by atoms with van der Waals surface area (Å²) in [6, 6.07) is 17.4. The molecule has 0 atom stereocenters. The van der Waals surface area contributed by atoms with E-state index in [1.807, 2.05) is 37.5 Å². The molecule has 0 unspecified atom stereocenters. The lowest BCUT2D eigenvalue weighted by atomic mass is 9.67. The first-order chi connectivity index (χ1) is 19.9. The summed E-state index contributed by atoms with van der Waals surface area (Å²) in [5, 5.41) is 1.76. The predicted molar refractivity (Wildman–Crippen MR) is 158 cm³/mol. The molecule has 2 nitrogen and oxygen atoms in total. The molecule has 0 spiro atoms. The molecule has 0 bridgehead atoms. The van der Waals surface area contributed by atoms with Gasteiger partial charge in [0.15, 0.2) is 6.20 Å². The van der Waals surface area contributed by atoms with Gasteiger partial charge in [0.05, 0.1) is 11.1 Å². The monoisotopic (exact) mass is 521 g/mol. The Morgan fingerprint density at radius 3 is 2.46 bits per heavy atom. The van der Waals surface area contributed by atoms with Gasteiger partial charge in [-0.15, -0.1) is 0 Å². The van der Waals surface area contributed by atoms with E-state index in [-0.39, 0.29) is 5.82 Å². The highest BCUT2D eigenvalue weighted by atomic mass is 19.1. The van der Waals surface area contributed by atoms with Crippen LogP contribution >= 0.6 is 0 Å². The van der Waals surface area contributed by atoms with E-state index in [2.05, 4.69) is 43.5 Å². The van der Waals surface area contributed by atoms with Gasteiger partial charge in [0, 0.05) is 27.0 Å². The van der Waals surface area contributed by atoms with Gasteiger partial charge in [-0.25, -0.2) is 8.96 Å². The zero-order chi connectivity index (χ0) is 29.6. The van der Waals surface area contributed by atoms with Crippen LogP contribution in [-0.2, 0) is 18.8 Å². The summed E-state index contributed by atoms with van der Waals surface area (Å²) in [4.78, 5) is 0. The topological polar surface area (TPSA) is 17.0 Å². The molecule has 5 aromatic rings. The van der Waals surface area contributed by atoms with Crippen LogP contribution < -0.4 is 4.57 Å². The first-order valence-electron chi connectivity index (χ1n) is 15.7. The van der Waals surface area contributed by atoms with E-state index in [0.717, 1.165) is 70.0 Å². The van der Waals surface area contributed by atoms with Crippen LogP contribution in [0.15, 0.2) is 65.2 Å². The number of halogens is 1. The Kier molecular flexibility index (Phi) is 4.96. The maximum Gasteiger partial charge on any atom is 0.216 e. The summed E-state index contributed by atoms with van der Waals surface area (Å²) in [6.07, 6.45) is 4.82. The highest BCUT2D eigenvalue weighted by Crippen LogP contribution is 2.50. The number of aromatic nitrogens is 1. The molecule has 1 saturated carbocycles. The Labute approximate surface area is 234 Å². The normalized spacial score (nSPS) is 20.5. The van der Waals surface area contributed by atoms with Crippen molar-refractivity contribution in [2.75, 3.05) is 0 Å². The fraction of sp³-hybridized carbons (Fsp3) is 0.361. The second kappa shape index (κ2) is 9.05. The van der Waals surface area contributed by atoms with E-state index >= 15 is 4.39 Å². The number of rotatable bonds is 3. The molecule has 2 aliphatic carbocycles. The standard InChI is InChI=1S/C36H37FNO/c1-22-14-15-26-27-18-19-29(37)32(35(27)39-34(26)31(22)30-13-7-8-21-38(30)4)28-17-16-24(23-10-5-6-11-23)25-12-9-20-36(2,3)33(25)28/h7-8,13-19,21,23H,5-6,9-12,20H2,1-4H3/q+1/i12D2,23D. The van der Waals surface area contributed by atoms with Crippen LogP contribution in [0.1, 0.15) is 84.6 Å². The van der Waals surface area contributed by atoms with Gasteiger partial charge < -0.3 is 4.42 Å². The number of hydrogen-bond donors (Lipinski definition) is 0. The maximum atomic E-state index is 16.2. The average molecular weight is 522 g/mol. The van der Waals surface area contributed by atoms with Crippen molar-refractivity contribution >= 4 is 21.9 Å². The molecule has 0 N–H and O–H groups in total. The second-order valence-electron chi connectivity index (χ2n) is 12.0. The van der Waals surface area contributed by atoms with Crippen LogP contribution in [-0.4, -0.2) is 0 Å².